The second-order valence-electron chi connectivity index (χ2n) is 10.3. The molecule has 2 N–H and O–H groups in total. The molecule has 0 radical (unpaired) electrons. The van der Waals surface area contributed by atoms with Crippen molar-refractivity contribution in [2.75, 3.05) is 32.0 Å². The van der Waals surface area contributed by atoms with Crippen LogP contribution in [0.15, 0.2) is 59.3 Å². The van der Waals surface area contributed by atoms with Crippen molar-refractivity contribution < 1.29 is 9.15 Å². The minimum absolute atomic E-state index is 0.282. The van der Waals surface area contributed by atoms with Crippen molar-refractivity contribution in [3.8, 4) is 11.3 Å². The number of anilines is 1. The van der Waals surface area contributed by atoms with E-state index in [4.69, 9.17) is 25.0 Å². The third kappa shape index (κ3) is 4.31. The second kappa shape index (κ2) is 9.81. The Morgan fingerprint density at radius 1 is 0.921 bits per heavy atom. The lowest BCUT2D eigenvalue weighted by Gasteiger charge is -2.38. The maximum Gasteiger partial charge on any atom is 0.199 e. The predicted molar refractivity (Wildman–Crippen MR) is 146 cm³/mol. The molecule has 7 rings (SSSR count). The highest BCUT2D eigenvalue weighted by molar-refractivity contribution is 5.99. The van der Waals surface area contributed by atoms with Crippen molar-refractivity contribution in [3.05, 3.63) is 66.3 Å². The van der Waals surface area contributed by atoms with Gasteiger partial charge in [0.05, 0.1) is 24.6 Å². The molecule has 2 aliphatic rings. The zero-order valence-electron chi connectivity index (χ0n) is 21.3. The Morgan fingerprint density at radius 2 is 1.71 bits per heavy atom. The molecule has 5 aromatic rings. The Hall–Kier alpha value is -3.82. The molecule has 2 fully saturated rings. The summed E-state index contributed by atoms with van der Waals surface area (Å²) in [6, 6.07) is 17.2. The van der Waals surface area contributed by atoms with E-state index in [1.54, 1.807) is 0 Å². The maximum absolute atomic E-state index is 6.40. The van der Waals surface area contributed by atoms with Gasteiger partial charge in [-0.1, -0.05) is 36.4 Å². The molecule has 1 aliphatic heterocycles. The van der Waals surface area contributed by atoms with Gasteiger partial charge in [0.25, 0.3) is 0 Å². The van der Waals surface area contributed by atoms with E-state index >= 15 is 0 Å². The quantitative estimate of drug-likeness (QED) is 0.366. The summed E-state index contributed by atoms with van der Waals surface area (Å²) < 4.78 is 13.8. The highest BCUT2D eigenvalue weighted by Crippen LogP contribution is 2.37. The van der Waals surface area contributed by atoms with Crippen LogP contribution >= 0.6 is 0 Å². The van der Waals surface area contributed by atoms with Gasteiger partial charge in [0, 0.05) is 31.1 Å². The number of oxazole rings is 1. The fourth-order valence-corrected chi connectivity index (χ4v) is 6.03. The normalized spacial score (nSPS) is 20.8. The third-order valence-electron chi connectivity index (χ3n) is 8.00. The molecule has 2 aromatic carbocycles. The minimum atomic E-state index is 0.282. The number of ether oxygens (including phenoxy) is 1. The van der Waals surface area contributed by atoms with Crippen LogP contribution in [0, 0.1) is 0 Å². The van der Waals surface area contributed by atoms with E-state index in [1.165, 1.54) is 6.33 Å². The molecular formula is C29H31N7O2. The zero-order valence-corrected chi connectivity index (χ0v) is 21.3. The number of morpholine rings is 1. The highest BCUT2D eigenvalue weighted by Gasteiger charge is 2.30. The molecule has 9 nitrogen and oxygen atoms in total. The van der Waals surface area contributed by atoms with Gasteiger partial charge in [-0.05, 0) is 43.4 Å². The molecule has 1 aliphatic carbocycles. The first-order chi connectivity index (χ1) is 18.7. The van der Waals surface area contributed by atoms with Crippen molar-refractivity contribution >= 4 is 28.0 Å². The molecular weight excluding hydrogens is 478 g/mol. The summed E-state index contributed by atoms with van der Waals surface area (Å²) in [4.78, 5) is 16.2. The van der Waals surface area contributed by atoms with E-state index in [1.807, 2.05) is 36.4 Å². The standard InChI is InChI=1S/C29H31N7O2/c30-28-26-27(20-6-11-23-24(17-20)38-25(33-23)16-19-4-2-1-3-5-19)34-36(29(26)32-18-31-28)22-9-7-21(8-10-22)35-12-14-37-15-13-35/h1-6,11,17-18,21-22H,7-10,12-16H2,(H2,30,31,32). The lowest BCUT2D eigenvalue weighted by atomic mass is 9.90. The monoisotopic (exact) mass is 509 g/mol. The molecule has 0 amide bonds. The lowest BCUT2D eigenvalue weighted by molar-refractivity contribution is 0.00520. The summed E-state index contributed by atoms with van der Waals surface area (Å²) in [5.74, 6) is 1.14. The van der Waals surface area contributed by atoms with Gasteiger partial charge < -0.3 is 14.9 Å². The summed E-state index contributed by atoms with van der Waals surface area (Å²) in [5.41, 5.74) is 11.6. The number of benzene rings is 2. The lowest BCUT2D eigenvalue weighted by Crippen LogP contribution is -2.45. The van der Waals surface area contributed by atoms with Crippen molar-refractivity contribution in [2.45, 2.75) is 44.2 Å². The number of hydrogen-bond acceptors (Lipinski definition) is 8. The van der Waals surface area contributed by atoms with Crippen molar-refractivity contribution in [1.29, 1.82) is 0 Å². The highest BCUT2D eigenvalue weighted by atomic mass is 16.5. The van der Waals surface area contributed by atoms with Crippen LogP contribution in [0.3, 0.4) is 0 Å². The van der Waals surface area contributed by atoms with Crippen LogP contribution in [-0.2, 0) is 11.2 Å². The van der Waals surface area contributed by atoms with Gasteiger partial charge in [-0.25, -0.2) is 19.6 Å². The maximum atomic E-state index is 6.40. The SMILES string of the molecule is Nc1ncnc2c1c(-c1ccc3nc(Cc4ccccc4)oc3c1)nn2C1CCC(N2CCOCC2)CC1. The molecule has 0 spiro atoms. The number of aromatic nitrogens is 5. The van der Waals surface area contributed by atoms with Gasteiger partial charge in [0.15, 0.2) is 17.1 Å². The molecule has 0 atom stereocenters. The number of fused-ring (bicyclic) bond motifs is 2. The smallest absolute Gasteiger partial charge is 0.199 e. The second-order valence-corrected chi connectivity index (χ2v) is 10.3. The van der Waals surface area contributed by atoms with Gasteiger partial charge in [-0.15, -0.1) is 0 Å². The fourth-order valence-electron chi connectivity index (χ4n) is 6.03. The number of rotatable bonds is 5. The molecule has 0 unspecified atom stereocenters. The van der Waals surface area contributed by atoms with Crippen LogP contribution < -0.4 is 5.73 Å². The van der Waals surface area contributed by atoms with Crippen LogP contribution in [0.5, 0.6) is 0 Å². The Labute approximate surface area is 220 Å². The third-order valence-corrected chi connectivity index (χ3v) is 8.00. The van der Waals surface area contributed by atoms with Crippen molar-refractivity contribution in [2.24, 2.45) is 0 Å². The topological polar surface area (TPSA) is 108 Å². The fraction of sp³-hybridized carbons (Fsp3) is 0.379. The van der Waals surface area contributed by atoms with Crippen LogP contribution in [0.4, 0.5) is 5.82 Å². The number of nitrogens with zero attached hydrogens (tertiary/aromatic N) is 6. The number of nitrogen functional groups attached to an aromatic ring is 1. The Bertz CT molecular complexity index is 1560. The van der Waals surface area contributed by atoms with Crippen LogP contribution in [0.2, 0.25) is 0 Å². The molecule has 1 saturated heterocycles. The van der Waals surface area contributed by atoms with Crippen molar-refractivity contribution in [3.63, 3.8) is 0 Å². The summed E-state index contributed by atoms with van der Waals surface area (Å²) in [7, 11) is 0. The molecule has 4 heterocycles. The first-order valence-electron chi connectivity index (χ1n) is 13.5. The summed E-state index contributed by atoms with van der Waals surface area (Å²) >= 11 is 0. The minimum Gasteiger partial charge on any atom is -0.440 e. The van der Waals surface area contributed by atoms with Gasteiger partial charge in [0.1, 0.15) is 23.4 Å². The van der Waals surface area contributed by atoms with Crippen molar-refractivity contribution in [1.82, 2.24) is 29.6 Å². The average Bonchev–Trinajstić information content (AvgIpc) is 3.56. The average molecular weight is 510 g/mol. The number of nitrogens with two attached hydrogens (primary N) is 1. The van der Waals surface area contributed by atoms with E-state index in [0.29, 0.717) is 24.2 Å². The Balaban J connectivity index is 1.19. The Morgan fingerprint density at radius 3 is 2.53 bits per heavy atom. The molecule has 194 valence electrons. The van der Waals surface area contributed by atoms with Gasteiger partial charge in [-0.2, -0.15) is 5.10 Å². The van der Waals surface area contributed by atoms with E-state index in [9.17, 15) is 0 Å². The van der Waals surface area contributed by atoms with E-state index < -0.39 is 0 Å². The van der Waals surface area contributed by atoms with Gasteiger partial charge >= 0.3 is 0 Å². The first kappa shape index (κ1) is 23.3. The van der Waals surface area contributed by atoms with E-state index in [-0.39, 0.29) is 6.04 Å². The zero-order chi connectivity index (χ0) is 25.5. The van der Waals surface area contributed by atoms with Crippen LogP contribution in [0.25, 0.3) is 33.4 Å². The van der Waals surface area contributed by atoms with Gasteiger partial charge in [-0.3, -0.25) is 4.90 Å². The summed E-state index contributed by atoms with van der Waals surface area (Å²) in [5, 5.41) is 5.90. The largest absolute Gasteiger partial charge is 0.440 e. The molecule has 9 heteroatoms. The molecule has 0 bridgehead atoms. The first-order valence-corrected chi connectivity index (χ1v) is 13.5. The molecule has 38 heavy (non-hydrogen) atoms. The molecule has 1 saturated carbocycles. The Kier molecular flexibility index (Phi) is 6.02. The van der Waals surface area contributed by atoms with E-state index in [2.05, 4.69) is 31.7 Å². The summed E-state index contributed by atoms with van der Waals surface area (Å²) in [6.45, 7) is 3.75. The van der Waals surface area contributed by atoms with Crippen LogP contribution in [0.1, 0.15) is 43.2 Å². The van der Waals surface area contributed by atoms with Gasteiger partial charge in [0.2, 0.25) is 0 Å². The predicted octanol–water partition coefficient (Wildman–Crippen LogP) is 4.62. The molecule has 3 aromatic heterocycles. The van der Waals surface area contributed by atoms with E-state index in [0.717, 1.165) is 90.9 Å². The number of hydrogen-bond donors (Lipinski definition) is 1. The summed E-state index contributed by atoms with van der Waals surface area (Å²) in [6.07, 6.45) is 6.61. The van der Waals surface area contributed by atoms with Crippen LogP contribution in [-0.4, -0.2) is 62.0 Å².